The van der Waals surface area contributed by atoms with Gasteiger partial charge in [-0.1, -0.05) is 87.4 Å². The molecule has 0 aromatic heterocycles. The van der Waals surface area contributed by atoms with Gasteiger partial charge in [0.05, 0.1) is 0 Å². The molecule has 0 saturated carbocycles. The Labute approximate surface area is 110 Å². The predicted octanol–water partition coefficient (Wildman–Crippen LogP) is 3.71. The molecule has 92 valence electrons. The van der Waals surface area contributed by atoms with Gasteiger partial charge in [0, 0.05) is 0 Å². The van der Waals surface area contributed by atoms with Crippen molar-refractivity contribution in [2.75, 3.05) is 0 Å². The summed E-state index contributed by atoms with van der Waals surface area (Å²) in [5.74, 6) is 0. The van der Waals surface area contributed by atoms with Crippen LogP contribution < -0.4 is 0 Å². The van der Waals surface area contributed by atoms with Crippen molar-refractivity contribution in [2.24, 2.45) is 0 Å². The van der Waals surface area contributed by atoms with Crippen molar-refractivity contribution in [2.45, 2.75) is 26.7 Å². The van der Waals surface area contributed by atoms with Gasteiger partial charge in [0.25, 0.3) is 0 Å². The van der Waals surface area contributed by atoms with Gasteiger partial charge in [0.1, 0.15) is 0 Å². The van der Waals surface area contributed by atoms with Crippen molar-refractivity contribution < 1.29 is 0 Å². The molecule has 2 aromatic rings. The third-order valence-corrected chi connectivity index (χ3v) is 2.38. The van der Waals surface area contributed by atoms with Crippen LogP contribution in [0, 0.1) is 0 Å². The number of rotatable bonds is 2. The monoisotopic (exact) mass is 244 g/mol. The molecule has 0 amide bonds. The topological polar surface area (TPSA) is 0 Å². The molecule has 0 aliphatic carbocycles. The highest BCUT2D eigenvalue weighted by Crippen LogP contribution is 2.17. The lowest BCUT2D eigenvalue weighted by atomic mass is 10.1. The highest BCUT2D eigenvalue weighted by atomic mass is 28.1. The molecule has 0 unspecified atom stereocenters. The molecule has 0 bridgehead atoms. The maximum Gasteiger partial charge on any atom is -0.0149 e. The van der Waals surface area contributed by atoms with E-state index in [2.05, 4.69) is 62.4 Å². The number of unbranched alkanes of at least 4 members (excludes halogenated alkanes) is 1. The van der Waals surface area contributed by atoms with Gasteiger partial charge in [-0.3, -0.25) is 0 Å². The SMILES string of the molecule is CCCC.[SiH4].c1ccc(-c2ccccc2)cc1. The molecule has 0 fully saturated rings. The summed E-state index contributed by atoms with van der Waals surface area (Å²) in [6.45, 7) is 4.36. The first-order valence-corrected chi connectivity index (χ1v) is 5.99. The minimum atomic E-state index is 0. The second-order valence-electron chi connectivity index (χ2n) is 3.73. The molecule has 0 nitrogen and oxygen atoms in total. The zero-order valence-corrected chi connectivity index (χ0v) is 10.2. The Morgan fingerprint density at radius 1 is 0.588 bits per heavy atom. The molecule has 0 aliphatic heterocycles. The van der Waals surface area contributed by atoms with Crippen LogP contribution in [0.25, 0.3) is 11.1 Å². The molecule has 0 atom stereocenters. The lowest BCUT2D eigenvalue weighted by Crippen LogP contribution is -1.73. The highest BCUT2D eigenvalue weighted by Gasteiger charge is 1.91. The number of hydrogen-bond donors (Lipinski definition) is 0. The van der Waals surface area contributed by atoms with E-state index in [-0.39, 0.29) is 11.0 Å². The molecule has 2 rings (SSSR count). The third-order valence-electron chi connectivity index (χ3n) is 2.38. The smallest absolute Gasteiger partial charge is 0.0149 e. The van der Waals surface area contributed by atoms with E-state index in [1.807, 2.05) is 12.1 Å². The Balaban J connectivity index is 0.000000453. The summed E-state index contributed by atoms with van der Waals surface area (Å²) in [7, 11) is 0. The number of benzene rings is 2. The molecular formula is C16H24Si. The normalized spacial score (nSPS) is 8.59. The first-order valence-electron chi connectivity index (χ1n) is 5.99. The molecule has 0 heterocycles. The van der Waals surface area contributed by atoms with Gasteiger partial charge in [0.15, 0.2) is 0 Å². The second kappa shape index (κ2) is 9.85. The minimum Gasteiger partial charge on any atom is -0.0654 e. The summed E-state index contributed by atoms with van der Waals surface area (Å²) in [6.07, 6.45) is 2.64. The third kappa shape index (κ3) is 6.08. The van der Waals surface area contributed by atoms with Crippen LogP contribution in [0.15, 0.2) is 60.7 Å². The zero-order valence-electron chi connectivity index (χ0n) is 10.2. The van der Waals surface area contributed by atoms with Gasteiger partial charge in [0.2, 0.25) is 0 Å². The Kier molecular flexibility index (Phi) is 9.07. The van der Waals surface area contributed by atoms with Gasteiger partial charge in [-0.25, -0.2) is 0 Å². The molecular weight excluding hydrogens is 220 g/mol. The fourth-order valence-corrected chi connectivity index (χ4v) is 1.26. The van der Waals surface area contributed by atoms with Crippen LogP contribution in [-0.2, 0) is 0 Å². The molecule has 17 heavy (non-hydrogen) atoms. The summed E-state index contributed by atoms with van der Waals surface area (Å²) in [4.78, 5) is 0. The zero-order chi connectivity index (χ0) is 11.6. The fraction of sp³-hybridized carbons (Fsp3) is 0.250. The van der Waals surface area contributed by atoms with Gasteiger partial charge >= 0.3 is 0 Å². The van der Waals surface area contributed by atoms with Crippen molar-refractivity contribution in [3.8, 4) is 11.1 Å². The summed E-state index contributed by atoms with van der Waals surface area (Å²) < 4.78 is 0. The molecule has 2 aromatic carbocycles. The van der Waals surface area contributed by atoms with E-state index in [0.717, 1.165) is 0 Å². The Hall–Kier alpha value is -1.34. The van der Waals surface area contributed by atoms with Crippen molar-refractivity contribution in [3.63, 3.8) is 0 Å². The van der Waals surface area contributed by atoms with Crippen LogP contribution in [0.3, 0.4) is 0 Å². The van der Waals surface area contributed by atoms with E-state index >= 15 is 0 Å². The van der Waals surface area contributed by atoms with Crippen LogP contribution in [0.2, 0.25) is 0 Å². The highest BCUT2D eigenvalue weighted by molar-refractivity contribution is 5.75. The van der Waals surface area contributed by atoms with E-state index in [4.69, 9.17) is 0 Å². The van der Waals surface area contributed by atoms with Gasteiger partial charge in [-0.15, -0.1) is 0 Å². The van der Waals surface area contributed by atoms with Gasteiger partial charge in [-0.05, 0) is 22.1 Å². The van der Waals surface area contributed by atoms with Crippen LogP contribution in [0.4, 0.5) is 0 Å². The Morgan fingerprint density at radius 3 is 1.12 bits per heavy atom. The van der Waals surface area contributed by atoms with Crippen molar-refractivity contribution in [3.05, 3.63) is 60.7 Å². The minimum absolute atomic E-state index is 0. The lowest BCUT2D eigenvalue weighted by Gasteiger charge is -1.98. The van der Waals surface area contributed by atoms with Crippen molar-refractivity contribution >= 4 is 11.0 Å². The summed E-state index contributed by atoms with van der Waals surface area (Å²) in [5, 5.41) is 0. The summed E-state index contributed by atoms with van der Waals surface area (Å²) in [5.41, 5.74) is 2.55. The Bertz CT molecular complexity index is 328. The van der Waals surface area contributed by atoms with E-state index in [1.54, 1.807) is 0 Å². The van der Waals surface area contributed by atoms with Crippen LogP contribution in [0.5, 0.6) is 0 Å². The van der Waals surface area contributed by atoms with Crippen LogP contribution in [0.1, 0.15) is 26.7 Å². The van der Waals surface area contributed by atoms with E-state index < -0.39 is 0 Å². The molecule has 0 radical (unpaired) electrons. The van der Waals surface area contributed by atoms with E-state index in [9.17, 15) is 0 Å². The molecule has 0 saturated heterocycles. The second-order valence-corrected chi connectivity index (χ2v) is 3.73. The molecule has 1 heteroatoms. The van der Waals surface area contributed by atoms with E-state index in [0.29, 0.717) is 0 Å². The Morgan fingerprint density at radius 2 is 0.882 bits per heavy atom. The van der Waals surface area contributed by atoms with Crippen molar-refractivity contribution in [1.82, 2.24) is 0 Å². The maximum atomic E-state index is 2.18. The average Bonchev–Trinajstić information content (AvgIpc) is 2.41. The molecule has 0 aliphatic rings. The molecule has 0 N–H and O–H groups in total. The van der Waals surface area contributed by atoms with Crippen LogP contribution in [-0.4, -0.2) is 11.0 Å². The van der Waals surface area contributed by atoms with Crippen molar-refractivity contribution in [1.29, 1.82) is 0 Å². The van der Waals surface area contributed by atoms with Gasteiger partial charge < -0.3 is 0 Å². The molecule has 0 spiro atoms. The maximum absolute atomic E-state index is 2.18. The quantitative estimate of drug-likeness (QED) is 0.707. The predicted molar refractivity (Wildman–Crippen MR) is 83.8 cm³/mol. The standard InChI is InChI=1S/C12H10.C4H10.H4Si/c1-3-7-11(8-4-1)12-9-5-2-6-10-12;1-3-4-2;/h1-10H;3-4H2,1-2H3;1H4. The summed E-state index contributed by atoms with van der Waals surface area (Å²) >= 11 is 0. The largest absolute Gasteiger partial charge is 0.0654 e. The first-order chi connectivity index (χ1) is 7.88. The van der Waals surface area contributed by atoms with Gasteiger partial charge in [-0.2, -0.15) is 0 Å². The van der Waals surface area contributed by atoms with E-state index in [1.165, 1.54) is 24.0 Å². The fourth-order valence-electron chi connectivity index (χ4n) is 1.26. The average molecular weight is 244 g/mol. The lowest BCUT2D eigenvalue weighted by molar-refractivity contribution is 0.886. The number of hydrogen-bond acceptors (Lipinski definition) is 0. The first kappa shape index (κ1) is 15.7. The summed E-state index contributed by atoms with van der Waals surface area (Å²) in [6, 6.07) is 20.8. The van der Waals surface area contributed by atoms with Crippen LogP contribution >= 0.6 is 0 Å².